The van der Waals surface area contributed by atoms with Gasteiger partial charge >= 0.3 is 17.9 Å². The molecule has 3 atom stereocenters. The zero-order valence-corrected chi connectivity index (χ0v) is 14.3. The molecule has 0 saturated carbocycles. The second-order valence-corrected chi connectivity index (χ2v) is 5.34. The molecule has 6 N–H and O–H groups in total. The van der Waals surface area contributed by atoms with Crippen molar-refractivity contribution in [2.24, 2.45) is 5.73 Å². The highest BCUT2D eigenvalue weighted by molar-refractivity contribution is 7.80. The number of ether oxygens (including phenoxy) is 1. The van der Waals surface area contributed by atoms with Crippen LogP contribution in [0.3, 0.4) is 0 Å². The SMILES string of the molecule is C[C@H](O)C(=O)OC(=O)CNC(=O)C(CS)NC(=O)CCC(N)C(=O)O. The summed E-state index contributed by atoms with van der Waals surface area (Å²) in [4.78, 5) is 56.3. The van der Waals surface area contributed by atoms with E-state index in [0.29, 0.717) is 0 Å². The van der Waals surface area contributed by atoms with Crippen LogP contribution in [-0.4, -0.2) is 70.4 Å². The second-order valence-electron chi connectivity index (χ2n) is 4.97. The van der Waals surface area contributed by atoms with Crippen molar-refractivity contribution in [3.63, 3.8) is 0 Å². The lowest BCUT2D eigenvalue weighted by molar-refractivity contribution is -0.165. The minimum absolute atomic E-state index is 0.0930. The first-order valence-corrected chi connectivity index (χ1v) is 7.80. The largest absolute Gasteiger partial charge is 0.480 e. The second kappa shape index (κ2) is 11.4. The third-order valence-corrected chi connectivity index (χ3v) is 3.16. The molecule has 0 saturated heterocycles. The van der Waals surface area contributed by atoms with E-state index in [1.165, 1.54) is 0 Å². The predicted octanol–water partition coefficient (Wildman–Crippen LogP) is -2.84. The molecular weight excluding hydrogens is 358 g/mol. The quantitative estimate of drug-likeness (QED) is 0.132. The summed E-state index contributed by atoms with van der Waals surface area (Å²) >= 11 is 3.90. The van der Waals surface area contributed by atoms with Crippen molar-refractivity contribution in [3.05, 3.63) is 0 Å². The van der Waals surface area contributed by atoms with Gasteiger partial charge in [0, 0.05) is 12.2 Å². The molecule has 0 aliphatic carbocycles. The summed E-state index contributed by atoms with van der Waals surface area (Å²) in [5, 5.41) is 21.9. The van der Waals surface area contributed by atoms with Crippen LogP contribution in [0.25, 0.3) is 0 Å². The fourth-order valence-electron chi connectivity index (χ4n) is 1.39. The molecule has 11 nitrogen and oxygen atoms in total. The van der Waals surface area contributed by atoms with Gasteiger partial charge in [0.2, 0.25) is 11.8 Å². The van der Waals surface area contributed by atoms with E-state index < -0.39 is 54.5 Å². The fourth-order valence-corrected chi connectivity index (χ4v) is 1.64. The highest BCUT2D eigenvalue weighted by atomic mass is 32.1. The van der Waals surface area contributed by atoms with Gasteiger partial charge in [-0.1, -0.05) is 0 Å². The number of nitrogens with two attached hydrogens (primary N) is 1. The van der Waals surface area contributed by atoms with Crippen LogP contribution in [0.1, 0.15) is 19.8 Å². The standard InChI is InChI=1S/C13H21N3O8S/c1-6(17)13(23)24-10(19)4-15-11(20)8(5-25)16-9(18)3-2-7(14)12(21)22/h6-8,17,25H,2-5,14H2,1H3,(H,15,20)(H,16,18)(H,21,22)/t6-,7?,8?/m0/s1. The number of nitrogens with one attached hydrogen (secondary N) is 2. The van der Waals surface area contributed by atoms with Crippen molar-refractivity contribution in [2.45, 2.75) is 38.0 Å². The Morgan fingerprint density at radius 1 is 1.24 bits per heavy atom. The maximum atomic E-state index is 11.8. The Hall–Kier alpha value is -2.18. The molecule has 0 fully saturated rings. The van der Waals surface area contributed by atoms with Gasteiger partial charge in [0.15, 0.2) is 0 Å². The van der Waals surface area contributed by atoms with Crippen LogP contribution in [0.15, 0.2) is 0 Å². The minimum Gasteiger partial charge on any atom is -0.480 e. The van der Waals surface area contributed by atoms with Crippen LogP contribution < -0.4 is 16.4 Å². The Morgan fingerprint density at radius 2 is 1.84 bits per heavy atom. The van der Waals surface area contributed by atoms with Gasteiger partial charge in [0.25, 0.3) is 0 Å². The van der Waals surface area contributed by atoms with Gasteiger partial charge in [-0.2, -0.15) is 12.6 Å². The molecule has 142 valence electrons. The van der Waals surface area contributed by atoms with E-state index >= 15 is 0 Å². The number of hydrogen-bond acceptors (Lipinski definition) is 9. The number of amides is 2. The van der Waals surface area contributed by atoms with Gasteiger partial charge in [0.05, 0.1) is 0 Å². The Labute approximate surface area is 148 Å². The average molecular weight is 379 g/mol. The number of esters is 2. The molecule has 0 heterocycles. The number of aliphatic hydroxyl groups is 1. The number of aliphatic carboxylic acids is 1. The van der Waals surface area contributed by atoms with Gasteiger partial charge in [-0.25, -0.2) is 9.59 Å². The molecule has 0 aromatic rings. The van der Waals surface area contributed by atoms with Crippen LogP contribution >= 0.6 is 12.6 Å². The Kier molecular flexibility index (Phi) is 10.4. The predicted molar refractivity (Wildman–Crippen MR) is 86.4 cm³/mol. The first kappa shape index (κ1) is 22.8. The lowest BCUT2D eigenvalue weighted by Gasteiger charge is -2.16. The van der Waals surface area contributed by atoms with Crippen molar-refractivity contribution in [1.82, 2.24) is 10.6 Å². The number of hydrogen-bond donors (Lipinski definition) is 6. The third kappa shape index (κ3) is 9.64. The Morgan fingerprint density at radius 3 is 2.32 bits per heavy atom. The first-order valence-electron chi connectivity index (χ1n) is 7.17. The molecule has 2 amide bonds. The molecule has 25 heavy (non-hydrogen) atoms. The monoisotopic (exact) mass is 379 g/mol. The lowest BCUT2D eigenvalue weighted by atomic mass is 10.1. The van der Waals surface area contributed by atoms with Crippen LogP contribution in [0.2, 0.25) is 0 Å². The maximum Gasteiger partial charge on any atom is 0.342 e. The molecule has 0 aliphatic rings. The zero-order valence-electron chi connectivity index (χ0n) is 13.4. The molecule has 0 aromatic carbocycles. The molecule has 0 aliphatic heterocycles. The van der Waals surface area contributed by atoms with Crippen LogP contribution in [0, 0.1) is 0 Å². The van der Waals surface area contributed by atoms with Crippen LogP contribution in [-0.2, 0) is 28.7 Å². The topological polar surface area (TPSA) is 185 Å². The number of aliphatic hydroxyl groups excluding tert-OH is 1. The van der Waals surface area contributed by atoms with Gasteiger partial charge in [-0.05, 0) is 13.3 Å². The number of thiol groups is 1. The van der Waals surface area contributed by atoms with Crippen molar-refractivity contribution in [3.8, 4) is 0 Å². The van der Waals surface area contributed by atoms with Gasteiger partial charge in [-0.3, -0.25) is 14.4 Å². The molecule has 12 heteroatoms. The molecule has 0 spiro atoms. The Balaban J connectivity index is 4.33. The van der Waals surface area contributed by atoms with Gasteiger partial charge in [0.1, 0.15) is 24.7 Å². The van der Waals surface area contributed by atoms with Gasteiger partial charge in [-0.15, -0.1) is 0 Å². The van der Waals surface area contributed by atoms with E-state index in [-0.39, 0.29) is 18.6 Å². The van der Waals surface area contributed by atoms with Crippen molar-refractivity contribution >= 4 is 42.4 Å². The van der Waals surface area contributed by atoms with E-state index in [2.05, 4.69) is 28.0 Å². The third-order valence-electron chi connectivity index (χ3n) is 2.80. The number of carbonyl (C=O) groups is 5. The number of carboxylic acids is 1. The fraction of sp³-hybridized carbons (Fsp3) is 0.615. The number of rotatable bonds is 10. The molecule has 0 radical (unpaired) electrons. The van der Waals surface area contributed by atoms with Crippen LogP contribution in [0.5, 0.6) is 0 Å². The van der Waals surface area contributed by atoms with E-state index in [1.807, 2.05) is 0 Å². The van der Waals surface area contributed by atoms with Crippen molar-refractivity contribution < 1.29 is 38.9 Å². The average Bonchev–Trinajstić information content (AvgIpc) is 2.54. The summed E-state index contributed by atoms with van der Waals surface area (Å²) in [5.41, 5.74) is 5.26. The van der Waals surface area contributed by atoms with E-state index in [0.717, 1.165) is 6.92 Å². The van der Waals surface area contributed by atoms with Gasteiger partial charge < -0.3 is 31.3 Å². The smallest absolute Gasteiger partial charge is 0.342 e. The number of carbonyl (C=O) groups excluding carboxylic acids is 4. The molecular formula is C13H21N3O8S. The highest BCUT2D eigenvalue weighted by Crippen LogP contribution is 1.97. The summed E-state index contributed by atoms with van der Waals surface area (Å²) in [6.45, 7) is 0.457. The normalized spacial score (nSPS) is 13.9. The van der Waals surface area contributed by atoms with Crippen LogP contribution in [0.4, 0.5) is 0 Å². The lowest BCUT2D eigenvalue weighted by Crippen LogP contribution is -2.49. The van der Waals surface area contributed by atoms with Crippen molar-refractivity contribution in [1.29, 1.82) is 0 Å². The first-order chi connectivity index (χ1) is 11.6. The summed E-state index contributed by atoms with van der Waals surface area (Å²) < 4.78 is 4.23. The maximum absolute atomic E-state index is 11.8. The molecule has 2 unspecified atom stereocenters. The molecule has 0 bridgehead atoms. The van der Waals surface area contributed by atoms with E-state index in [4.69, 9.17) is 15.9 Å². The summed E-state index contributed by atoms with van der Waals surface area (Å²) in [6, 6.07) is -2.28. The number of carboxylic acid groups (broad SMARTS) is 1. The summed E-state index contributed by atoms with van der Waals surface area (Å²) in [7, 11) is 0. The highest BCUT2D eigenvalue weighted by Gasteiger charge is 2.22. The Bertz CT molecular complexity index is 525. The minimum atomic E-state index is -1.48. The summed E-state index contributed by atoms with van der Waals surface area (Å²) in [6.07, 6.45) is -1.81. The van der Waals surface area contributed by atoms with E-state index in [1.54, 1.807) is 0 Å². The molecule has 0 aromatic heterocycles. The molecule has 0 rings (SSSR count). The van der Waals surface area contributed by atoms with E-state index in [9.17, 15) is 24.0 Å². The zero-order chi connectivity index (χ0) is 19.6. The van der Waals surface area contributed by atoms with Crippen molar-refractivity contribution in [2.75, 3.05) is 12.3 Å². The summed E-state index contributed by atoms with van der Waals surface area (Å²) in [5.74, 6) is -4.96.